The molecule has 2 aromatic carbocycles. The number of hydrogen-bond donors (Lipinski definition) is 5. The van der Waals surface area contributed by atoms with Crippen molar-refractivity contribution in [3.8, 4) is 34.5 Å². The molecule has 4 aromatic rings. The van der Waals surface area contributed by atoms with Crippen molar-refractivity contribution >= 4 is 36.7 Å². The summed E-state index contributed by atoms with van der Waals surface area (Å²) in [6, 6.07) is 18.4. The van der Waals surface area contributed by atoms with Gasteiger partial charge in [0.1, 0.15) is 18.1 Å². The molecule has 1 amide bonds. The summed E-state index contributed by atoms with van der Waals surface area (Å²) in [6.07, 6.45) is 8.99. The predicted octanol–water partition coefficient (Wildman–Crippen LogP) is 6.59. The maximum atomic E-state index is 17.8. The molecule has 1 unspecified atom stereocenters. The number of rotatable bonds is 29. The van der Waals surface area contributed by atoms with Gasteiger partial charge in [0.15, 0.2) is 11.4 Å². The fourth-order valence-corrected chi connectivity index (χ4v) is 9.02. The lowest BCUT2D eigenvalue weighted by atomic mass is 9.87. The van der Waals surface area contributed by atoms with Gasteiger partial charge in [-0.1, -0.05) is 11.5 Å². The molecule has 68 heavy (non-hydrogen) atoms. The average Bonchev–Trinajstić information content (AvgIpc) is 3.99. The third kappa shape index (κ3) is 13.7. The zero-order valence-corrected chi connectivity index (χ0v) is 40.8. The first-order valence-electron chi connectivity index (χ1n) is 23.1. The van der Waals surface area contributed by atoms with E-state index in [9.17, 15) is 15.0 Å². The van der Waals surface area contributed by atoms with Crippen molar-refractivity contribution in [2.45, 2.75) is 57.4 Å². The number of allylic oxidation sites excluding steroid dienone is 2. The van der Waals surface area contributed by atoms with Gasteiger partial charge in [-0.25, -0.2) is 5.26 Å². The smallest absolute Gasteiger partial charge is 0.497 e. The van der Waals surface area contributed by atoms with E-state index in [1.54, 1.807) is 56.7 Å². The number of likely N-dealkylation sites (N-methyl/N-ethyl adjacent to an activating group) is 1. The van der Waals surface area contributed by atoms with E-state index >= 15 is 8.63 Å². The number of hydrogen-bond acceptors (Lipinski definition) is 12. The van der Waals surface area contributed by atoms with Gasteiger partial charge in [0, 0.05) is 97.1 Å². The van der Waals surface area contributed by atoms with Gasteiger partial charge in [-0.05, 0) is 111 Å². The maximum Gasteiger partial charge on any atom is 0.737 e. The minimum Gasteiger partial charge on any atom is -0.497 e. The van der Waals surface area contributed by atoms with Gasteiger partial charge in [0.05, 0.1) is 47.9 Å². The molecule has 0 aliphatic carbocycles. The van der Waals surface area contributed by atoms with E-state index in [-0.39, 0.29) is 36.3 Å². The standard InChI is InChI=1S/C48H66BF2N7O9S/c1-54(26-9-7-8-10-29-65-57-47(60)23-24-48(57)61)27-25-52-33-39(34-68-67-66-62)53-46(59)22-17-38-31-43(36-15-20-41(64-6)21-16-36)56-45(38)32-44-37(12-11-28-58(2,3)4)30-42(55(44)49(56,50)51)35-13-18-40(63-5)19-14-35/h13-16,18-21,23-24,30-32,39,52H,7-12,17,22,25-29,33-34H2,1-6H3,(H3-,53,59,60,61,62)/p+1. The molecule has 20 heteroatoms. The van der Waals surface area contributed by atoms with Crippen LogP contribution in [0.4, 0.5) is 8.63 Å². The van der Waals surface area contributed by atoms with Gasteiger partial charge in [-0.3, -0.25) is 4.79 Å². The molecule has 0 radical (unpaired) electrons. The fraction of sp³-hybridized carbons (Fsp3) is 0.458. The summed E-state index contributed by atoms with van der Waals surface area (Å²) >= 11 is 0.847. The minimum atomic E-state index is -4.45. The van der Waals surface area contributed by atoms with Gasteiger partial charge in [-0.15, -0.1) is 9.06 Å². The summed E-state index contributed by atoms with van der Waals surface area (Å²) in [7, 11) is 11.5. The SMILES string of the molecule is COc1ccc(C2=[N+]3C(=Cc4c(CCC[N+](C)(C)C)cc(-c5ccc(OC)cc5)n4[B-]3(F)F)C(CCC(=O)NC(CNCCN(C)CCCCCCOn3c(O)ccc3O)CSOOO)=C2)cc1. The Labute approximate surface area is 402 Å². The first-order valence-corrected chi connectivity index (χ1v) is 24.0. The second kappa shape index (κ2) is 24.3. The molecule has 0 fully saturated rings. The second-order valence-electron chi connectivity index (χ2n) is 18.2. The van der Waals surface area contributed by atoms with Crippen LogP contribution >= 0.6 is 12.0 Å². The summed E-state index contributed by atoms with van der Waals surface area (Å²) in [5, 5.41) is 38.4. The molecule has 0 spiro atoms. The molecule has 0 bridgehead atoms. The number of ether oxygens (including phenoxy) is 2. The Balaban J connectivity index is 1.12. The zero-order valence-electron chi connectivity index (χ0n) is 40.0. The van der Waals surface area contributed by atoms with Crippen LogP contribution in [0.3, 0.4) is 0 Å². The lowest BCUT2D eigenvalue weighted by Gasteiger charge is -2.32. The molecule has 370 valence electrons. The number of carbonyl (C=O) groups excluding carboxylic acids is 1. The molecule has 2 aliphatic heterocycles. The van der Waals surface area contributed by atoms with Crippen molar-refractivity contribution in [2.24, 2.45) is 0 Å². The average molecular weight is 967 g/mol. The van der Waals surface area contributed by atoms with E-state index in [0.29, 0.717) is 77.1 Å². The molecule has 16 nitrogen and oxygen atoms in total. The number of nitrogens with zero attached hydrogens (tertiary/aromatic N) is 5. The van der Waals surface area contributed by atoms with Crippen LogP contribution in [0.15, 0.2) is 84.1 Å². The number of fused-ring (bicyclic) bond motifs is 2. The van der Waals surface area contributed by atoms with Crippen LogP contribution in [0, 0.1) is 0 Å². The molecular formula is C48H67BF2N7O9S+. The molecule has 0 saturated carbocycles. The molecule has 1 atom stereocenters. The third-order valence-electron chi connectivity index (χ3n) is 12.1. The van der Waals surface area contributed by atoms with E-state index < -0.39 is 13.0 Å². The highest BCUT2D eigenvalue weighted by molar-refractivity contribution is 7.94. The van der Waals surface area contributed by atoms with Crippen LogP contribution in [0.1, 0.15) is 61.8 Å². The Morgan fingerprint density at radius 3 is 2.19 bits per heavy atom. The van der Waals surface area contributed by atoms with Gasteiger partial charge in [0.25, 0.3) is 0 Å². The second-order valence-corrected chi connectivity index (χ2v) is 18.9. The highest BCUT2D eigenvalue weighted by Crippen LogP contribution is 2.42. The Bertz CT molecular complexity index is 2370. The topological polar surface area (TPSA) is 164 Å². The van der Waals surface area contributed by atoms with E-state index in [1.807, 2.05) is 31.3 Å². The van der Waals surface area contributed by atoms with E-state index in [4.69, 9.17) is 19.6 Å². The molecule has 6 rings (SSSR count). The fourth-order valence-electron chi connectivity index (χ4n) is 8.55. The minimum absolute atomic E-state index is 0.0324. The van der Waals surface area contributed by atoms with Crippen molar-refractivity contribution in [2.75, 3.05) is 87.5 Å². The lowest BCUT2D eigenvalue weighted by molar-refractivity contribution is -0.870. The summed E-state index contributed by atoms with van der Waals surface area (Å²) in [5.74, 6) is 0.937. The van der Waals surface area contributed by atoms with Crippen LogP contribution in [-0.4, -0.2) is 151 Å². The Hall–Kier alpha value is -5.35. The number of aromatic nitrogens is 2. The lowest BCUT2D eigenvalue weighted by Crippen LogP contribution is -2.51. The molecule has 2 aromatic heterocycles. The van der Waals surface area contributed by atoms with Crippen LogP contribution in [0.2, 0.25) is 0 Å². The highest BCUT2D eigenvalue weighted by atomic mass is 32.2. The Morgan fingerprint density at radius 1 is 0.882 bits per heavy atom. The van der Waals surface area contributed by atoms with Crippen LogP contribution in [0.25, 0.3) is 17.3 Å². The molecule has 4 heterocycles. The van der Waals surface area contributed by atoms with E-state index in [2.05, 4.69) is 46.0 Å². The Morgan fingerprint density at radius 2 is 1.54 bits per heavy atom. The molecular weight excluding hydrogens is 899 g/mol. The molecule has 0 saturated heterocycles. The van der Waals surface area contributed by atoms with Crippen LogP contribution in [-0.2, 0) is 20.6 Å². The summed E-state index contributed by atoms with van der Waals surface area (Å²) in [5.41, 5.74) is 4.26. The first kappa shape index (κ1) is 52.0. The number of nitrogens with one attached hydrogen (secondary N) is 2. The number of amides is 1. The number of aromatic hydroxyl groups is 2. The number of aryl methyl sites for hydroxylation is 1. The van der Waals surface area contributed by atoms with E-state index in [1.165, 1.54) is 16.6 Å². The number of carbonyl (C=O) groups is 1. The number of halogens is 2. The summed E-state index contributed by atoms with van der Waals surface area (Å²) in [6.45, 7) is -0.500. The van der Waals surface area contributed by atoms with E-state index in [0.717, 1.165) is 83.0 Å². The normalized spacial score (nSPS) is 14.7. The van der Waals surface area contributed by atoms with Crippen molar-refractivity contribution < 1.29 is 61.5 Å². The molecule has 2 aliphatic rings. The monoisotopic (exact) mass is 966 g/mol. The van der Waals surface area contributed by atoms with Gasteiger partial charge in [-0.2, -0.15) is 0 Å². The highest BCUT2D eigenvalue weighted by Gasteiger charge is 2.55. The van der Waals surface area contributed by atoms with Crippen LogP contribution < -0.4 is 24.9 Å². The number of benzene rings is 2. The van der Waals surface area contributed by atoms with Crippen molar-refractivity contribution in [1.29, 1.82) is 0 Å². The quantitative estimate of drug-likeness (QED) is 0.00993. The summed E-state index contributed by atoms with van der Waals surface area (Å²) < 4.78 is 55.1. The zero-order chi connectivity index (χ0) is 48.8. The van der Waals surface area contributed by atoms with Gasteiger partial charge in [0.2, 0.25) is 17.7 Å². The summed E-state index contributed by atoms with van der Waals surface area (Å²) in [4.78, 5) is 21.3. The first-order chi connectivity index (χ1) is 32.6. The van der Waals surface area contributed by atoms with Gasteiger partial charge >= 0.3 is 6.97 Å². The number of quaternary nitrogens is 1. The number of unbranched alkanes of at least 4 members (excludes halogenated alkanes) is 3. The van der Waals surface area contributed by atoms with Crippen molar-refractivity contribution in [3.63, 3.8) is 0 Å². The van der Waals surface area contributed by atoms with Gasteiger partial charge < -0.3 is 62.1 Å². The molecule has 5 N–H and O–H groups in total. The maximum absolute atomic E-state index is 17.8. The number of methoxy groups -OCH3 is 2. The van der Waals surface area contributed by atoms with Crippen LogP contribution in [0.5, 0.6) is 23.3 Å². The van der Waals surface area contributed by atoms with Crippen molar-refractivity contribution in [3.05, 3.63) is 101 Å². The largest absolute Gasteiger partial charge is 0.737 e. The third-order valence-corrected chi connectivity index (χ3v) is 12.8. The van der Waals surface area contributed by atoms with Crippen molar-refractivity contribution in [1.82, 2.24) is 24.7 Å². The Kier molecular flexibility index (Phi) is 18.6. The predicted molar refractivity (Wildman–Crippen MR) is 261 cm³/mol.